The summed E-state index contributed by atoms with van der Waals surface area (Å²) >= 11 is 0. The largest absolute Gasteiger partial charge is 0.348 e. The molecule has 3 aromatic rings. The molecule has 0 heterocycles. The zero-order valence-electron chi connectivity index (χ0n) is 14.1. The fourth-order valence-electron chi connectivity index (χ4n) is 3.75. The van der Waals surface area contributed by atoms with Crippen molar-refractivity contribution >= 4 is 5.91 Å². The summed E-state index contributed by atoms with van der Waals surface area (Å²) in [6.45, 7) is 0. The van der Waals surface area contributed by atoms with Gasteiger partial charge in [0.1, 0.15) is 0 Å². The molecule has 1 unspecified atom stereocenters. The van der Waals surface area contributed by atoms with Crippen molar-refractivity contribution in [2.45, 2.75) is 24.8 Å². The Labute approximate surface area is 148 Å². The smallest absolute Gasteiger partial charge is 0.232 e. The number of carbonyl (C=O) groups is 1. The first-order chi connectivity index (χ1) is 12.3. The van der Waals surface area contributed by atoms with Gasteiger partial charge in [-0.3, -0.25) is 4.79 Å². The lowest BCUT2D eigenvalue weighted by Crippen LogP contribution is -2.32. The van der Waals surface area contributed by atoms with Crippen LogP contribution < -0.4 is 5.32 Å². The van der Waals surface area contributed by atoms with Gasteiger partial charge in [-0.1, -0.05) is 84.9 Å². The molecule has 25 heavy (non-hydrogen) atoms. The van der Waals surface area contributed by atoms with Crippen molar-refractivity contribution in [3.8, 4) is 0 Å². The summed E-state index contributed by atoms with van der Waals surface area (Å²) in [5, 5.41) is 3.29. The summed E-state index contributed by atoms with van der Waals surface area (Å²) in [5.41, 5.74) is 4.66. The molecule has 0 aliphatic heterocycles. The maximum absolute atomic E-state index is 13.2. The van der Waals surface area contributed by atoms with Crippen LogP contribution in [-0.4, -0.2) is 5.91 Å². The summed E-state index contributed by atoms with van der Waals surface area (Å²) in [7, 11) is 0. The lowest BCUT2D eigenvalue weighted by atomic mass is 9.90. The number of amides is 1. The molecule has 0 fully saturated rings. The third kappa shape index (κ3) is 3.20. The second-order valence-electron chi connectivity index (χ2n) is 6.55. The first-order valence-corrected chi connectivity index (χ1v) is 8.81. The molecule has 1 atom stereocenters. The van der Waals surface area contributed by atoms with Crippen LogP contribution in [0, 0.1) is 0 Å². The summed E-state index contributed by atoms with van der Waals surface area (Å²) in [4.78, 5) is 13.2. The summed E-state index contributed by atoms with van der Waals surface area (Å²) < 4.78 is 0. The van der Waals surface area contributed by atoms with Gasteiger partial charge in [-0.2, -0.15) is 0 Å². The molecule has 1 N–H and O–H groups in total. The molecule has 0 spiro atoms. The van der Waals surface area contributed by atoms with E-state index in [9.17, 15) is 4.79 Å². The van der Waals surface area contributed by atoms with Gasteiger partial charge in [0.15, 0.2) is 0 Å². The van der Waals surface area contributed by atoms with E-state index < -0.39 is 0 Å². The number of benzene rings is 3. The minimum absolute atomic E-state index is 0.0686. The highest BCUT2D eigenvalue weighted by Crippen LogP contribution is 2.32. The van der Waals surface area contributed by atoms with Crippen molar-refractivity contribution in [2.75, 3.05) is 0 Å². The fraction of sp³-hybridized carbons (Fsp3) is 0.174. The van der Waals surface area contributed by atoms with Crippen molar-refractivity contribution in [2.24, 2.45) is 0 Å². The monoisotopic (exact) mass is 327 g/mol. The average molecular weight is 327 g/mol. The van der Waals surface area contributed by atoms with Crippen LogP contribution in [0.3, 0.4) is 0 Å². The minimum atomic E-state index is -0.282. The standard InChI is InChI=1S/C23H21NO/c25-23(24-21-16-15-17-9-7-8-14-20(17)21)22(18-10-3-1-4-11-18)19-12-5-2-6-13-19/h1-14,21-22H,15-16H2,(H,24,25). The quantitative estimate of drug-likeness (QED) is 0.744. The van der Waals surface area contributed by atoms with E-state index in [4.69, 9.17) is 0 Å². The Morgan fingerprint density at radius 2 is 1.36 bits per heavy atom. The Bertz CT molecular complexity index is 818. The lowest BCUT2D eigenvalue weighted by Gasteiger charge is -2.21. The zero-order valence-corrected chi connectivity index (χ0v) is 14.1. The van der Waals surface area contributed by atoms with Gasteiger partial charge >= 0.3 is 0 Å². The molecular weight excluding hydrogens is 306 g/mol. The van der Waals surface area contributed by atoms with Crippen LogP contribution in [0.2, 0.25) is 0 Å². The van der Waals surface area contributed by atoms with E-state index in [1.165, 1.54) is 11.1 Å². The lowest BCUT2D eigenvalue weighted by molar-refractivity contribution is -0.122. The molecule has 1 aliphatic rings. The van der Waals surface area contributed by atoms with Gasteiger partial charge in [-0.15, -0.1) is 0 Å². The minimum Gasteiger partial charge on any atom is -0.348 e. The maximum Gasteiger partial charge on any atom is 0.232 e. The molecule has 0 saturated carbocycles. The van der Waals surface area contributed by atoms with Gasteiger partial charge in [0.2, 0.25) is 5.91 Å². The number of nitrogens with one attached hydrogen (secondary N) is 1. The highest BCUT2D eigenvalue weighted by atomic mass is 16.1. The molecule has 1 aliphatic carbocycles. The molecule has 4 rings (SSSR count). The van der Waals surface area contributed by atoms with Crippen LogP contribution in [0.4, 0.5) is 0 Å². The van der Waals surface area contributed by atoms with Crippen LogP contribution in [0.5, 0.6) is 0 Å². The van der Waals surface area contributed by atoms with E-state index >= 15 is 0 Å². The van der Waals surface area contributed by atoms with Crippen LogP contribution in [0.1, 0.15) is 40.6 Å². The van der Waals surface area contributed by atoms with E-state index in [-0.39, 0.29) is 17.9 Å². The van der Waals surface area contributed by atoms with E-state index in [0.717, 1.165) is 24.0 Å². The molecule has 124 valence electrons. The SMILES string of the molecule is O=C(NC1CCc2ccccc21)C(c1ccccc1)c1ccccc1. The Balaban J connectivity index is 1.63. The first-order valence-electron chi connectivity index (χ1n) is 8.81. The van der Waals surface area contributed by atoms with Gasteiger partial charge in [-0.05, 0) is 35.1 Å². The van der Waals surface area contributed by atoms with Gasteiger partial charge in [0.05, 0.1) is 12.0 Å². The zero-order chi connectivity index (χ0) is 17.1. The van der Waals surface area contributed by atoms with Crippen molar-refractivity contribution in [1.82, 2.24) is 5.32 Å². The number of hydrogen-bond donors (Lipinski definition) is 1. The predicted molar refractivity (Wildman–Crippen MR) is 100 cm³/mol. The summed E-state index contributed by atoms with van der Waals surface area (Å²) in [6, 6.07) is 28.6. The highest BCUT2D eigenvalue weighted by Gasteiger charge is 2.28. The molecule has 1 amide bonds. The second-order valence-corrected chi connectivity index (χ2v) is 6.55. The fourth-order valence-corrected chi connectivity index (χ4v) is 3.75. The molecule has 0 bridgehead atoms. The number of fused-ring (bicyclic) bond motifs is 1. The van der Waals surface area contributed by atoms with E-state index in [2.05, 4.69) is 29.6 Å². The number of rotatable bonds is 4. The molecule has 0 saturated heterocycles. The number of aryl methyl sites for hydroxylation is 1. The molecule has 0 aromatic heterocycles. The Hall–Kier alpha value is -2.87. The summed E-state index contributed by atoms with van der Waals surface area (Å²) in [6.07, 6.45) is 2.00. The van der Waals surface area contributed by atoms with E-state index in [0.29, 0.717) is 0 Å². The van der Waals surface area contributed by atoms with Crippen molar-refractivity contribution in [3.63, 3.8) is 0 Å². The van der Waals surface area contributed by atoms with Crippen molar-refractivity contribution in [3.05, 3.63) is 107 Å². The van der Waals surface area contributed by atoms with Gasteiger partial charge in [-0.25, -0.2) is 0 Å². The van der Waals surface area contributed by atoms with Crippen molar-refractivity contribution in [1.29, 1.82) is 0 Å². The Morgan fingerprint density at radius 3 is 2.00 bits per heavy atom. The average Bonchev–Trinajstić information content (AvgIpc) is 3.07. The second kappa shape index (κ2) is 6.94. The number of hydrogen-bond acceptors (Lipinski definition) is 1. The third-order valence-electron chi connectivity index (χ3n) is 4.98. The molecule has 2 heteroatoms. The van der Waals surface area contributed by atoms with E-state index in [1.54, 1.807) is 0 Å². The van der Waals surface area contributed by atoms with Crippen LogP contribution in [0.25, 0.3) is 0 Å². The van der Waals surface area contributed by atoms with Crippen LogP contribution in [-0.2, 0) is 11.2 Å². The molecule has 0 radical (unpaired) electrons. The van der Waals surface area contributed by atoms with Crippen LogP contribution in [0.15, 0.2) is 84.9 Å². The van der Waals surface area contributed by atoms with Crippen molar-refractivity contribution < 1.29 is 4.79 Å². The van der Waals surface area contributed by atoms with Gasteiger partial charge in [0, 0.05) is 0 Å². The van der Waals surface area contributed by atoms with Crippen LogP contribution >= 0.6 is 0 Å². The van der Waals surface area contributed by atoms with Gasteiger partial charge < -0.3 is 5.32 Å². The Kier molecular flexibility index (Phi) is 4.34. The molecule has 3 aromatic carbocycles. The third-order valence-corrected chi connectivity index (χ3v) is 4.98. The molecule has 2 nitrogen and oxygen atoms in total. The summed E-state index contributed by atoms with van der Waals surface area (Å²) in [5.74, 6) is -0.214. The predicted octanol–water partition coefficient (Wildman–Crippen LogP) is 4.62. The highest BCUT2D eigenvalue weighted by molar-refractivity contribution is 5.87. The first kappa shape index (κ1) is 15.6. The van der Waals surface area contributed by atoms with Gasteiger partial charge in [0.25, 0.3) is 0 Å². The molecular formula is C23H21NO. The maximum atomic E-state index is 13.2. The Morgan fingerprint density at radius 1 is 0.800 bits per heavy atom. The van der Waals surface area contributed by atoms with E-state index in [1.807, 2.05) is 60.7 Å². The number of carbonyl (C=O) groups excluding carboxylic acids is 1. The normalized spacial score (nSPS) is 15.8. The topological polar surface area (TPSA) is 29.1 Å².